The number of hydrogen-bond donors (Lipinski definition) is 1. The minimum absolute atomic E-state index is 0.152. The molecular formula is C18H13F5N2O. The molecule has 0 fully saturated rings. The molecule has 0 atom stereocenters. The van der Waals surface area contributed by atoms with Crippen LogP contribution in [-0.2, 0) is 6.18 Å². The summed E-state index contributed by atoms with van der Waals surface area (Å²) in [6.07, 6.45) is -4.19. The number of hydrogen-bond acceptors (Lipinski definition) is 2. The fourth-order valence-electron chi connectivity index (χ4n) is 2.62. The molecule has 8 heteroatoms. The van der Waals surface area contributed by atoms with E-state index in [2.05, 4.69) is 0 Å². The zero-order valence-electron chi connectivity index (χ0n) is 13.4. The Morgan fingerprint density at radius 1 is 1.00 bits per heavy atom. The first-order chi connectivity index (χ1) is 12.2. The van der Waals surface area contributed by atoms with Gasteiger partial charge in [-0.15, -0.1) is 0 Å². The maximum absolute atomic E-state index is 14.9. The van der Waals surface area contributed by atoms with Crippen molar-refractivity contribution in [1.82, 2.24) is 4.57 Å². The Morgan fingerprint density at radius 2 is 1.65 bits per heavy atom. The van der Waals surface area contributed by atoms with E-state index in [1.54, 1.807) is 0 Å². The fraction of sp³-hybridized carbons (Fsp3) is 0.111. The van der Waals surface area contributed by atoms with Crippen LogP contribution in [0.2, 0.25) is 0 Å². The Bertz CT molecular complexity index is 945. The van der Waals surface area contributed by atoms with Crippen LogP contribution in [0.5, 0.6) is 5.75 Å². The number of methoxy groups -OCH3 is 1. The highest BCUT2D eigenvalue weighted by Gasteiger charge is 2.38. The van der Waals surface area contributed by atoms with E-state index < -0.39 is 29.1 Å². The number of nitrogens with zero attached hydrogens (tertiary/aromatic N) is 1. The molecule has 1 heterocycles. The molecule has 0 amide bonds. The summed E-state index contributed by atoms with van der Waals surface area (Å²) in [7, 11) is 1.22. The Kier molecular flexibility index (Phi) is 4.35. The Labute approximate surface area is 145 Å². The van der Waals surface area contributed by atoms with Crippen molar-refractivity contribution in [1.29, 1.82) is 0 Å². The maximum Gasteiger partial charge on any atom is 0.418 e. The van der Waals surface area contributed by atoms with Crippen LogP contribution in [0.3, 0.4) is 0 Å². The molecule has 136 valence electrons. The van der Waals surface area contributed by atoms with Crippen molar-refractivity contribution in [3.63, 3.8) is 0 Å². The third kappa shape index (κ3) is 3.10. The lowest BCUT2D eigenvalue weighted by molar-refractivity contribution is -0.137. The number of ether oxygens (including phenoxy) is 1. The van der Waals surface area contributed by atoms with Gasteiger partial charge in [-0.2, -0.15) is 17.6 Å². The average Bonchev–Trinajstić information content (AvgIpc) is 2.93. The van der Waals surface area contributed by atoms with Crippen molar-refractivity contribution in [3.05, 3.63) is 66.0 Å². The largest absolute Gasteiger partial charge is 0.494 e. The monoisotopic (exact) mass is 368 g/mol. The average molecular weight is 368 g/mol. The molecule has 0 aliphatic carbocycles. The van der Waals surface area contributed by atoms with Crippen LogP contribution >= 0.6 is 0 Å². The lowest BCUT2D eigenvalue weighted by atomic mass is 10.0. The Hall–Kier alpha value is -3.03. The van der Waals surface area contributed by atoms with E-state index in [0.717, 1.165) is 16.7 Å². The summed E-state index contributed by atoms with van der Waals surface area (Å²) in [4.78, 5) is 0. The van der Waals surface area contributed by atoms with Gasteiger partial charge in [0.05, 0.1) is 12.7 Å². The smallest absolute Gasteiger partial charge is 0.418 e. The molecule has 1 aromatic heterocycles. The van der Waals surface area contributed by atoms with Gasteiger partial charge < -0.3 is 10.5 Å². The quantitative estimate of drug-likeness (QED) is 0.520. The molecular weight excluding hydrogens is 355 g/mol. The van der Waals surface area contributed by atoms with Gasteiger partial charge in [0, 0.05) is 23.1 Å². The van der Waals surface area contributed by atoms with Gasteiger partial charge in [-0.1, -0.05) is 6.07 Å². The standard InChI is InChI=1S/C18H13F5N2O/c1-26-15-7-2-10(8-14(15)19)16-13(18(21,22)23)9-25(17(16)20)12-5-3-11(24)4-6-12/h2-9H,24H2,1H3. The maximum atomic E-state index is 14.9. The van der Waals surface area contributed by atoms with Crippen LogP contribution < -0.4 is 10.5 Å². The SMILES string of the molecule is COc1ccc(-c2c(C(F)(F)F)cn(-c3ccc(N)cc3)c2F)cc1F. The molecule has 3 aromatic rings. The minimum Gasteiger partial charge on any atom is -0.494 e. The second-order valence-corrected chi connectivity index (χ2v) is 5.52. The third-order valence-electron chi connectivity index (χ3n) is 3.86. The highest BCUT2D eigenvalue weighted by molar-refractivity contribution is 5.70. The van der Waals surface area contributed by atoms with E-state index in [9.17, 15) is 22.0 Å². The second-order valence-electron chi connectivity index (χ2n) is 5.52. The van der Waals surface area contributed by atoms with E-state index in [1.807, 2.05) is 0 Å². The van der Waals surface area contributed by atoms with E-state index >= 15 is 0 Å². The van der Waals surface area contributed by atoms with Gasteiger partial charge >= 0.3 is 6.18 Å². The number of nitrogens with two attached hydrogens (primary N) is 1. The third-order valence-corrected chi connectivity index (χ3v) is 3.86. The first kappa shape index (κ1) is 17.8. The lowest BCUT2D eigenvalue weighted by Crippen LogP contribution is -2.05. The van der Waals surface area contributed by atoms with Crippen molar-refractivity contribution in [2.24, 2.45) is 0 Å². The Morgan fingerprint density at radius 3 is 2.19 bits per heavy atom. The normalized spacial score (nSPS) is 11.6. The van der Waals surface area contributed by atoms with Crippen LogP contribution in [0.1, 0.15) is 5.56 Å². The molecule has 0 saturated heterocycles. The summed E-state index contributed by atoms with van der Waals surface area (Å²) in [5, 5.41) is 0. The molecule has 0 saturated carbocycles. The number of alkyl halides is 3. The second kappa shape index (κ2) is 6.36. The molecule has 0 aliphatic rings. The van der Waals surface area contributed by atoms with Gasteiger partial charge in [0.25, 0.3) is 0 Å². The molecule has 3 rings (SSSR count). The number of rotatable bonds is 3. The summed E-state index contributed by atoms with van der Waals surface area (Å²) in [5.74, 6) is -2.20. The van der Waals surface area contributed by atoms with Crippen molar-refractivity contribution < 1.29 is 26.7 Å². The van der Waals surface area contributed by atoms with Gasteiger partial charge in [0.15, 0.2) is 11.6 Å². The summed E-state index contributed by atoms with van der Waals surface area (Å²) < 4.78 is 74.6. The zero-order valence-corrected chi connectivity index (χ0v) is 13.4. The molecule has 0 bridgehead atoms. The molecule has 2 aromatic carbocycles. The van der Waals surface area contributed by atoms with Crippen molar-refractivity contribution in [2.75, 3.05) is 12.8 Å². The minimum atomic E-state index is -4.83. The summed E-state index contributed by atoms with van der Waals surface area (Å²) in [6.45, 7) is 0. The topological polar surface area (TPSA) is 40.2 Å². The number of benzene rings is 2. The number of anilines is 1. The van der Waals surface area contributed by atoms with Gasteiger partial charge in [0.2, 0.25) is 5.95 Å². The number of nitrogen functional groups attached to an aromatic ring is 1. The summed E-state index contributed by atoms with van der Waals surface area (Å²) in [6, 6.07) is 8.77. The van der Waals surface area contributed by atoms with E-state index in [4.69, 9.17) is 10.5 Å². The fourth-order valence-corrected chi connectivity index (χ4v) is 2.62. The highest BCUT2D eigenvalue weighted by atomic mass is 19.4. The van der Waals surface area contributed by atoms with Crippen LogP contribution in [-0.4, -0.2) is 11.7 Å². The summed E-state index contributed by atoms with van der Waals surface area (Å²) in [5.41, 5.74) is 3.89. The van der Waals surface area contributed by atoms with Crippen LogP contribution in [0.15, 0.2) is 48.7 Å². The molecule has 0 spiro atoms. The number of halogens is 5. The molecule has 0 radical (unpaired) electrons. The van der Waals surface area contributed by atoms with Gasteiger partial charge in [-0.25, -0.2) is 4.39 Å². The molecule has 26 heavy (non-hydrogen) atoms. The predicted molar refractivity (Wildman–Crippen MR) is 87.1 cm³/mol. The summed E-state index contributed by atoms with van der Waals surface area (Å²) >= 11 is 0. The van der Waals surface area contributed by atoms with E-state index in [0.29, 0.717) is 11.9 Å². The number of aromatic nitrogens is 1. The zero-order chi connectivity index (χ0) is 19.1. The van der Waals surface area contributed by atoms with Crippen LogP contribution in [0.4, 0.5) is 27.6 Å². The lowest BCUT2D eigenvalue weighted by Gasteiger charge is -2.09. The first-order valence-corrected chi connectivity index (χ1v) is 7.40. The van der Waals surface area contributed by atoms with Gasteiger partial charge in [-0.05, 0) is 42.0 Å². The molecule has 0 aliphatic heterocycles. The molecule has 3 nitrogen and oxygen atoms in total. The molecule has 2 N–H and O–H groups in total. The van der Waals surface area contributed by atoms with Crippen LogP contribution in [0.25, 0.3) is 16.8 Å². The Balaban J connectivity index is 2.24. The van der Waals surface area contributed by atoms with Gasteiger partial charge in [-0.3, -0.25) is 4.57 Å². The van der Waals surface area contributed by atoms with Crippen LogP contribution in [0, 0.1) is 11.8 Å². The van der Waals surface area contributed by atoms with E-state index in [1.165, 1.54) is 37.4 Å². The van der Waals surface area contributed by atoms with Crippen molar-refractivity contribution in [3.8, 4) is 22.6 Å². The predicted octanol–water partition coefficient (Wildman–Crippen LogP) is 5.03. The van der Waals surface area contributed by atoms with E-state index in [-0.39, 0.29) is 17.0 Å². The highest BCUT2D eigenvalue weighted by Crippen LogP contribution is 2.41. The first-order valence-electron chi connectivity index (χ1n) is 7.40. The van der Waals surface area contributed by atoms with Crippen molar-refractivity contribution >= 4 is 5.69 Å². The van der Waals surface area contributed by atoms with Gasteiger partial charge in [0.1, 0.15) is 0 Å². The van der Waals surface area contributed by atoms with Crippen molar-refractivity contribution in [2.45, 2.75) is 6.18 Å². The molecule has 0 unspecified atom stereocenters.